The third kappa shape index (κ3) is 3.44. The third-order valence-electron chi connectivity index (χ3n) is 2.10. The summed E-state index contributed by atoms with van der Waals surface area (Å²) >= 11 is 7.93. The standard InChI is InChI=1S/C13H8ClIO2/c14-10-3-1-9(2-4-10)13(16)17-12-7-5-11(15)6-8-12/h1-8H. The molecule has 0 aliphatic heterocycles. The quantitative estimate of drug-likeness (QED) is 0.458. The fraction of sp³-hybridized carbons (Fsp3) is 0. The number of carbonyl (C=O) groups is 1. The van der Waals surface area contributed by atoms with Crippen molar-refractivity contribution in [1.29, 1.82) is 0 Å². The van der Waals surface area contributed by atoms with E-state index in [1.54, 1.807) is 36.4 Å². The fourth-order valence-electron chi connectivity index (χ4n) is 1.25. The van der Waals surface area contributed by atoms with Crippen molar-refractivity contribution in [2.24, 2.45) is 0 Å². The van der Waals surface area contributed by atoms with E-state index in [2.05, 4.69) is 22.6 Å². The molecule has 0 saturated heterocycles. The first-order chi connectivity index (χ1) is 8.15. The average Bonchev–Trinajstić information content (AvgIpc) is 2.33. The maximum absolute atomic E-state index is 11.7. The molecule has 0 saturated carbocycles. The minimum absolute atomic E-state index is 0.386. The molecule has 2 aromatic rings. The van der Waals surface area contributed by atoms with E-state index in [1.807, 2.05) is 12.1 Å². The topological polar surface area (TPSA) is 26.3 Å². The predicted octanol–water partition coefficient (Wildman–Crippen LogP) is 4.16. The van der Waals surface area contributed by atoms with Crippen LogP contribution in [0.15, 0.2) is 48.5 Å². The van der Waals surface area contributed by atoms with Crippen molar-refractivity contribution in [3.8, 4) is 5.75 Å². The second-order valence-electron chi connectivity index (χ2n) is 3.35. The Morgan fingerprint density at radius 3 is 2.18 bits per heavy atom. The van der Waals surface area contributed by atoms with Gasteiger partial charge < -0.3 is 4.74 Å². The first kappa shape index (κ1) is 12.4. The van der Waals surface area contributed by atoms with Crippen molar-refractivity contribution in [2.75, 3.05) is 0 Å². The zero-order chi connectivity index (χ0) is 12.3. The van der Waals surface area contributed by atoms with E-state index in [9.17, 15) is 4.79 Å². The van der Waals surface area contributed by atoms with Gasteiger partial charge in [0.15, 0.2) is 0 Å². The van der Waals surface area contributed by atoms with Gasteiger partial charge in [0.1, 0.15) is 5.75 Å². The van der Waals surface area contributed by atoms with Gasteiger partial charge in [0.05, 0.1) is 5.56 Å². The highest BCUT2D eigenvalue weighted by molar-refractivity contribution is 14.1. The molecule has 17 heavy (non-hydrogen) atoms. The van der Waals surface area contributed by atoms with E-state index in [0.29, 0.717) is 16.3 Å². The predicted molar refractivity (Wildman–Crippen MR) is 75.6 cm³/mol. The maximum Gasteiger partial charge on any atom is 0.343 e. The van der Waals surface area contributed by atoms with Crippen LogP contribution in [-0.2, 0) is 0 Å². The minimum Gasteiger partial charge on any atom is -0.423 e. The van der Waals surface area contributed by atoms with Crippen LogP contribution >= 0.6 is 34.2 Å². The second kappa shape index (κ2) is 5.51. The number of rotatable bonds is 2. The molecule has 2 aromatic carbocycles. The monoisotopic (exact) mass is 358 g/mol. The molecule has 4 heteroatoms. The molecule has 0 aromatic heterocycles. The summed E-state index contributed by atoms with van der Waals surface area (Å²) in [6.07, 6.45) is 0. The summed E-state index contributed by atoms with van der Waals surface area (Å²) in [4.78, 5) is 11.7. The van der Waals surface area contributed by atoms with Crippen molar-refractivity contribution in [3.63, 3.8) is 0 Å². The molecule has 0 fully saturated rings. The highest BCUT2D eigenvalue weighted by atomic mass is 127. The van der Waals surface area contributed by atoms with Crippen LogP contribution in [-0.4, -0.2) is 5.97 Å². The smallest absolute Gasteiger partial charge is 0.343 e. The number of benzene rings is 2. The number of carbonyl (C=O) groups excluding carboxylic acids is 1. The summed E-state index contributed by atoms with van der Waals surface area (Å²) in [6, 6.07) is 13.9. The van der Waals surface area contributed by atoms with Crippen LogP contribution in [0, 0.1) is 3.57 Å². The molecule has 0 aliphatic carbocycles. The lowest BCUT2D eigenvalue weighted by Crippen LogP contribution is -2.08. The van der Waals surface area contributed by atoms with Crippen LogP contribution in [0.4, 0.5) is 0 Å². The molecule has 2 rings (SSSR count). The van der Waals surface area contributed by atoms with E-state index in [4.69, 9.17) is 16.3 Å². The van der Waals surface area contributed by atoms with Crippen LogP contribution in [0.25, 0.3) is 0 Å². The van der Waals surface area contributed by atoms with Gasteiger partial charge in [0.25, 0.3) is 0 Å². The van der Waals surface area contributed by atoms with Crippen LogP contribution < -0.4 is 4.74 Å². The Hall–Kier alpha value is -1.07. The Morgan fingerprint density at radius 1 is 1.00 bits per heavy atom. The molecule has 86 valence electrons. The number of ether oxygens (including phenoxy) is 1. The van der Waals surface area contributed by atoms with Crippen LogP contribution in [0.5, 0.6) is 5.75 Å². The molecular formula is C13H8ClIO2. The molecule has 0 N–H and O–H groups in total. The molecular weight excluding hydrogens is 350 g/mol. The van der Waals surface area contributed by atoms with Gasteiger partial charge in [0, 0.05) is 8.59 Å². The molecule has 2 nitrogen and oxygen atoms in total. The van der Waals surface area contributed by atoms with E-state index < -0.39 is 0 Å². The lowest BCUT2D eigenvalue weighted by Gasteiger charge is -2.04. The lowest BCUT2D eigenvalue weighted by molar-refractivity contribution is 0.0735. The average molecular weight is 359 g/mol. The first-order valence-corrected chi connectivity index (χ1v) is 6.34. The Kier molecular flexibility index (Phi) is 4.02. The van der Waals surface area contributed by atoms with E-state index in [1.165, 1.54) is 0 Å². The van der Waals surface area contributed by atoms with Gasteiger partial charge in [-0.15, -0.1) is 0 Å². The maximum atomic E-state index is 11.7. The number of esters is 1. The Morgan fingerprint density at radius 2 is 1.59 bits per heavy atom. The largest absolute Gasteiger partial charge is 0.423 e. The summed E-state index contributed by atoms with van der Waals surface area (Å²) in [5.41, 5.74) is 0.480. The normalized spacial score (nSPS) is 10.0. The summed E-state index contributed by atoms with van der Waals surface area (Å²) in [5, 5.41) is 0.593. The van der Waals surface area contributed by atoms with E-state index in [-0.39, 0.29) is 5.97 Å². The van der Waals surface area contributed by atoms with Gasteiger partial charge in [-0.1, -0.05) is 11.6 Å². The van der Waals surface area contributed by atoms with Crippen molar-refractivity contribution >= 4 is 40.2 Å². The van der Waals surface area contributed by atoms with Gasteiger partial charge in [-0.05, 0) is 71.1 Å². The van der Waals surface area contributed by atoms with Crippen molar-refractivity contribution < 1.29 is 9.53 Å². The lowest BCUT2D eigenvalue weighted by atomic mass is 10.2. The van der Waals surface area contributed by atoms with Gasteiger partial charge >= 0.3 is 5.97 Å². The zero-order valence-corrected chi connectivity index (χ0v) is 11.6. The van der Waals surface area contributed by atoms with Crippen molar-refractivity contribution in [1.82, 2.24) is 0 Å². The summed E-state index contributed by atoms with van der Waals surface area (Å²) < 4.78 is 6.30. The van der Waals surface area contributed by atoms with Crippen LogP contribution in [0.1, 0.15) is 10.4 Å². The Bertz CT molecular complexity index is 520. The second-order valence-corrected chi connectivity index (χ2v) is 5.03. The number of hydrogen-bond donors (Lipinski definition) is 0. The third-order valence-corrected chi connectivity index (χ3v) is 3.08. The molecule has 0 heterocycles. The summed E-state index contributed by atoms with van der Waals surface area (Å²) in [5.74, 6) is 0.147. The van der Waals surface area contributed by atoms with E-state index in [0.717, 1.165) is 3.57 Å². The number of halogens is 2. The zero-order valence-electron chi connectivity index (χ0n) is 8.69. The van der Waals surface area contributed by atoms with Crippen molar-refractivity contribution in [2.45, 2.75) is 0 Å². The van der Waals surface area contributed by atoms with Gasteiger partial charge in [0.2, 0.25) is 0 Å². The Balaban J connectivity index is 2.11. The molecule has 0 unspecified atom stereocenters. The van der Waals surface area contributed by atoms with Gasteiger partial charge in [-0.25, -0.2) is 4.79 Å². The highest BCUT2D eigenvalue weighted by Gasteiger charge is 2.07. The highest BCUT2D eigenvalue weighted by Crippen LogP contribution is 2.16. The van der Waals surface area contributed by atoms with E-state index >= 15 is 0 Å². The number of hydrogen-bond acceptors (Lipinski definition) is 2. The van der Waals surface area contributed by atoms with Crippen molar-refractivity contribution in [3.05, 3.63) is 62.7 Å². The minimum atomic E-state index is -0.386. The molecule has 0 radical (unpaired) electrons. The fourth-order valence-corrected chi connectivity index (χ4v) is 1.74. The van der Waals surface area contributed by atoms with Gasteiger partial charge in [-0.3, -0.25) is 0 Å². The van der Waals surface area contributed by atoms with Gasteiger partial charge in [-0.2, -0.15) is 0 Å². The van der Waals surface area contributed by atoms with Crippen LogP contribution in [0.2, 0.25) is 5.02 Å². The molecule has 0 bridgehead atoms. The Labute approximate surface area is 118 Å². The summed E-state index contributed by atoms with van der Waals surface area (Å²) in [6.45, 7) is 0. The molecule has 0 aliphatic rings. The first-order valence-electron chi connectivity index (χ1n) is 4.88. The SMILES string of the molecule is O=C(Oc1ccc(I)cc1)c1ccc(Cl)cc1. The molecule has 0 spiro atoms. The molecule has 0 amide bonds. The van der Waals surface area contributed by atoms with Crippen LogP contribution in [0.3, 0.4) is 0 Å². The molecule has 0 atom stereocenters. The summed E-state index contributed by atoms with van der Waals surface area (Å²) in [7, 11) is 0.